The van der Waals surface area contributed by atoms with E-state index in [-0.39, 0.29) is 6.10 Å². The number of rotatable bonds is 8. The van der Waals surface area contributed by atoms with Gasteiger partial charge in [-0.2, -0.15) is 0 Å². The predicted molar refractivity (Wildman–Crippen MR) is 68.4 cm³/mol. The molecule has 0 saturated heterocycles. The van der Waals surface area contributed by atoms with Crippen molar-refractivity contribution in [2.45, 2.75) is 38.7 Å². The van der Waals surface area contributed by atoms with Gasteiger partial charge in [0.15, 0.2) is 0 Å². The van der Waals surface area contributed by atoms with E-state index in [1.165, 1.54) is 25.7 Å². The van der Waals surface area contributed by atoms with Gasteiger partial charge in [-0.05, 0) is 18.5 Å². The number of aliphatic hydroxyl groups is 1. The highest BCUT2D eigenvalue weighted by molar-refractivity contribution is 5.17. The fourth-order valence-electron chi connectivity index (χ4n) is 1.71. The molecule has 1 unspecified atom stereocenters. The molecule has 0 saturated carbocycles. The van der Waals surface area contributed by atoms with E-state index in [9.17, 15) is 5.11 Å². The van der Waals surface area contributed by atoms with Crippen molar-refractivity contribution in [2.75, 3.05) is 13.1 Å². The quantitative estimate of drug-likeness (QED) is 0.662. The van der Waals surface area contributed by atoms with Gasteiger partial charge < -0.3 is 10.4 Å². The molecule has 0 fully saturated rings. The van der Waals surface area contributed by atoms with Gasteiger partial charge >= 0.3 is 0 Å². The lowest BCUT2D eigenvalue weighted by Gasteiger charge is -2.11. The Balaban J connectivity index is 2.09. The van der Waals surface area contributed by atoms with E-state index in [0.717, 1.165) is 12.1 Å². The van der Waals surface area contributed by atoms with Crippen LogP contribution in [0.5, 0.6) is 0 Å². The van der Waals surface area contributed by atoms with E-state index >= 15 is 0 Å². The number of nitrogens with one attached hydrogen (secondary N) is 1. The van der Waals surface area contributed by atoms with Gasteiger partial charge in [0.2, 0.25) is 0 Å². The molecule has 0 aromatic heterocycles. The zero-order chi connectivity index (χ0) is 11.6. The maximum atomic E-state index is 9.86. The summed E-state index contributed by atoms with van der Waals surface area (Å²) in [6.45, 7) is 3.87. The van der Waals surface area contributed by atoms with Crippen LogP contribution in [-0.2, 0) is 0 Å². The number of hydrogen-bond acceptors (Lipinski definition) is 2. The first-order chi connectivity index (χ1) is 7.84. The van der Waals surface area contributed by atoms with Crippen LogP contribution in [0, 0.1) is 0 Å². The third kappa shape index (κ3) is 5.29. The average molecular weight is 221 g/mol. The molecule has 0 bridgehead atoms. The summed E-state index contributed by atoms with van der Waals surface area (Å²) in [5, 5.41) is 13.2. The first-order valence-corrected chi connectivity index (χ1v) is 6.28. The predicted octanol–water partition coefficient (Wildman–Crippen LogP) is 2.89. The number of unbranched alkanes of at least 4 members (excludes halogenated alkanes) is 3. The maximum Gasteiger partial charge on any atom is 0.0914 e. The Labute approximate surface area is 98.7 Å². The first-order valence-electron chi connectivity index (χ1n) is 6.28. The second-order valence-corrected chi connectivity index (χ2v) is 4.19. The van der Waals surface area contributed by atoms with Crippen LogP contribution in [0.3, 0.4) is 0 Å². The summed E-state index contributed by atoms with van der Waals surface area (Å²) in [6, 6.07) is 9.81. The van der Waals surface area contributed by atoms with E-state index in [1.54, 1.807) is 0 Å². The third-order valence-corrected chi connectivity index (χ3v) is 2.73. The highest BCUT2D eigenvalue weighted by Gasteiger charge is 2.04. The van der Waals surface area contributed by atoms with Gasteiger partial charge in [-0.15, -0.1) is 0 Å². The van der Waals surface area contributed by atoms with Gasteiger partial charge in [-0.1, -0.05) is 56.5 Å². The van der Waals surface area contributed by atoms with Crippen molar-refractivity contribution in [1.29, 1.82) is 0 Å². The first kappa shape index (κ1) is 13.2. The minimum Gasteiger partial charge on any atom is -0.387 e. The van der Waals surface area contributed by atoms with Crippen LogP contribution in [0.4, 0.5) is 0 Å². The largest absolute Gasteiger partial charge is 0.387 e. The molecule has 1 rings (SSSR count). The van der Waals surface area contributed by atoms with Crippen LogP contribution in [0.15, 0.2) is 30.3 Å². The highest BCUT2D eigenvalue weighted by atomic mass is 16.3. The lowest BCUT2D eigenvalue weighted by molar-refractivity contribution is 0.174. The summed E-state index contributed by atoms with van der Waals surface area (Å²) in [4.78, 5) is 0. The van der Waals surface area contributed by atoms with Crippen molar-refractivity contribution in [3.63, 3.8) is 0 Å². The monoisotopic (exact) mass is 221 g/mol. The number of hydrogen-bond donors (Lipinski definition) is 2. The van der Waals surface area contributed by atoms with Gasteiger partial charge in [-0.3, -0.25) is 0 Å². The van der Waals surface area contributed by atoms with Gasteiger partial charge in [0.05, 0.1) is 6.10 Å². The Morgan fingerprint density at radius 1 is 1.12 bits per heavy atom. The molecule has 0 radical (unpaired) electrons. The zero-order valence-corrected chi connectivity index (χ0v) is 10.2. The van der Waals surface area contributed by atoms with Crippen LogP contribution >= 0.6 is 0 Å². The average Bonchev–Trinajstić information content (AvgIpc) is 2.34. The molecule has 90 valence electrons. The van der Waals surface area contributed by atoms with Gasteiger partial charge in [0, 0.05) is 6.54 Å². The van der Waals surface area contributed by atoms with Crippen molar-refractivity contribution in [3.8, 4) is 0 Å². The second kappa shape index (κ2) is 8.31. The minimum atomic E-state index is -0.382. The van der Waals surface area contributed by atoms with Gasteiger partial charge in [-0.25, -0.2) is 0 Å². The summed E-state index contributed by atoms with van der Waals surface area (Å²) >= 11 is 0. The lowest BCUT2D eigenvalue weighted by atomic mass is 10.1. The highest BCUT2D eigenvalue weighted by Crippen LogP contribution is 2.10. The van der Waals surface area contributed by atoms with Crippen molar-refractivity contribution in [1.82, 2.24) is 5.32 Å². The smallest absolute Gasteiger partial charge is 0.0914 e. The maximum absolute atomic E-state index is 9.86. The van der Waals surface area contributed by atoms with E-state index in [1.807, 2.05) is 30.3 Å². The number of aliphatic hydroxyl groups excluding tert-OH is 1. The Morgan fingerprint density at radius 3 is 2.56 bits per heavy atom. The van der Waals surface area contributed by atoms with Crippen molar-refractivity contribution >= 4 is 0 Å². The Bertz CT molecular complexity index is 261. The molecule has 0 aliphatic carbocycles. The van der Waals surface area contributed by atoms with Gasteiger partial charge in [0.25, 0.3) is 0 Å². The van der Waals surface area contributed by atoms with E-state index < -0.39 is 0 Å². The molecule has 2 N–H and O–H groups in total. The molecule has 1 aromatic rings. The summed E-state index contributed by atoms with van der Waals surface area (Å²) in [5.41, 5.74) is 0.989. The fraction of sp³-hybridized carbons (Fsp3) is 0.571. The molecule has 0 heterocycles. The summed E-state index contributed by atoms with van der Waals surface area (Å²) in [5.74, 6) is 0. The van der Waals surface area contributed by atoms with E-state index in [4.69, 9.17) is 0 Å². The third-order valence-electron chi connectivity index (χ3n) is 2.73. The summed E-state index contributed by atoms with van der Waals surface area (Å²) in [6.07, 6.45) is 4.68. The normalized spacial score (nSPS) is 12.6. The summed E-state index contributed by atoms with van der Waals surface area (Å²) in [7, 11) is 0. The fourth-order valence-corrected chi connectivity index (χ4v) is 1.71. The topological polar surface area (TPSA) is 32.3 Å². The van der Waals surface area contributed by atoms with Crippen molar-refractivity contribution < 1.29 is 5.11 Å². The molecule has 0 spiro atoms. The summed E-state index contributed by atoms with van der Waals surface area (Å²) < 4.78 is 0. The SMILES string of the molecule is CCCCCCNCC(O)c1ccccc1. The molecular weight excluding hydrogens is 198 g/mol. The second-order valence-electron chi connectivity index (χ2n) is 4.19. The molecule has 0 amide bonds. The number of benzene rings is 1. The standard InChI is InChI=1S/C14H23NO/c1-2-3-4-8-11-15-12-14(16)13-9-6-5-7-10-13/h5-7,9-10,14-16H,2-4,8,11-12H2,1H3. The Kier molecular flexibility index (Phi) is 6.86. The lowest BCUT2D eigenvalue weighted by Crippen LogP contribution is -2.22. The molecule has 0 aliphatic heterocycles. The molecule has 1 aromatic carbocycles. The van der Waals surface area contributed by atoms with Crippen LogP contribution in [0.2, 0.25) is 0 Å². The van der Waals surface area contributed by atoms with E-state index in [2.05, 4.69) is 12.2 Å². The van der Waals surface area contributed by atoms with Crippen LogP contribution in [-0.4, -0.2) is 18.2 Å². The van der Waals surface area contributed by atoms with Crippen molar-refractivity contribution in [2.24, 2.45) is 0 Å². The molecule has 16 heavy (non-hydrogen) atoms. The van der Waals surface area contributed by atoms with E-state index in [0.29, 0.717) is 6.54 Å². The molecule has 1 atom stereocenters. The molecule has 0 aliphatic rings. The Hall–Kier alpha value is -0.860. The Morgan fingerprint density at radius 2 is 1.88 bits per heavy atom. The zero-order valence-electron chi connectivity index (χ0n) is 10.2. The van der Waals surface area contributed by atoms with Crippen LogP contribution in [0.1, 0.15) is 44.3 Å². The van der Waals surface area contributed by atoms with Crippen LogP contribution < -0.4 is 5.32 Å². The van der Waals surface area contributed by atoms with Crippen LogP contribution in [0.25, 0.3) is 0 Å². The molecular formula is C14H23NO. The molecule has 2 heteroatoms. The molecule has 2 nitrogen and oxygen atoms in total. The minimum absolute atomic E-state index is 0.382. The van der Waals surface area contributed by atoms with Crippen molar-refractivity contribution in [3.05, 3.63) is 35.9 Å². The van der Waals surface area contributed by atoms with Gasteiger partial charge in [0.1, 0.15) is 0 Å².